The van der Waals surface area contributed by atoms with Gasteiger partial charge in [0.25, 0.3) is 15.9 Å². The van der Waals surface area contributed by atoms with Crippen molar-refractivity contribution in [1.82, 2.24) is 0 Å². The number of hydrogen-bond acceptors (Lipinski definition) is 3. The summed E-state index contributed by atoms with van der Waals surface area (Å²) >= 11 is 12.0. The smallest absolute Gasteiger partial charge is 0.264 e. The van der Waals surface area contributed by atoms with E-state index in [9.17, 15) is 13.2 Å². The average molecular weight is 449 g/mol. The van der Waals surface area contributed by atoms with E-state index in [2.05, 4.69) is 5.32 Å². The number of benzene rings is 3. The molecule has 3 rings (SSSR count). The molecule has 29 heavy (non-hydrogen) atoms. The highest BCUT2D eigenvalue weighted by atomic mass is 35.5. The second-order valence-corrected chi connectivity index (χ2v) is 8.82. The number of hydrogen-bond donors (Lipinski definition) is 1. The van der Waals surface area contributed by atoms with Gasteiger partial charge in [-0.1, -0.05) is 47.5 Å². The number of nitrogens with zero attached hydrogens (tertiary/aromatic N) is 1. The van der Waals surface area contributed by atoms with Crippen molar-refractivity contribution in [3.63, 3.8) is 0 Å². The average Bonchev–Trinajstić information content (AvgIpc) is 2.71. The van der Waals surface area contributed by atoms with Crippen LogP contribution in [0, 0.1) is 0 Å². The van der Waals surface area contributed by atoms with Crippen LogP contribution in [-0.2, 0) is 10.0 Å². The van der Waals surface area contributed by atoms with Crippen molar-refractivity contribution in [2.45, 2.75) is 11.8 Å². The zero-order valence-corrected chi connectivity index (χ0v) is 17.8. The zero-order valence-electron chi connectivity index (χ0n) is 15.5. The van der Waals surface area contributed by atoms with E-state index in [1.165, 1.54) is 34.6 Å². The Balaban J connectivity index is 1.91. The number of rotatable bonds is 6. The fourth-order valence-corrected chi connectivity index (χ4v) is 4.77. The van der Waals surface area contributed by atoms with Gasteiger partial charge < -0.3 is 5.32 Å². The van der Waals surface area contributed by atoms with E-state index in [-0.39, 0.29) is 22.0 Å². The van der Waals surface area contributed by atoms with Crippen molar-refractivity contribution in [3.8, 4) is 0 Å². The molecule has 0 unspecified atom stereocenters. The fraction of sp³-hybridized carbons (Fsp3) is 0.0952. The lowest BCUT2D eigenvalue weighted by Crippen LogP contribution is -2.30. The topological polar surface area (TPSA) is 66.5 Å². The van der Waals surface area contributed by atoms with E-state index >= 15 is 0 Å². The highest BCUT2D eigenvalue weighted by molar-refractivity contribution is 7.92. The summed E-state index contributed by atoms with van der Waals surface area (Å²) in [4.78, 5) is 12.7. The van der Waals surface area contributed by atoms with Gasteiger partial charge in [0, 0.05) is 17.1 Å². The summed E-state index contributed by atoms with van der Waals surface area (Å²) in [6.07, 6.45) is 0. The van der Waals surface area contributed by atoms with Crippen LogP contribution in [0.5, 0.6) is 0 Å². The predicted octanol–water partition coefficient (Wildman–Crippen LogP) is 5.46. The number of para-hydroxylation sites is 1. The van der Waals surface area contributed by atoms with Gasteiger partial charge in [0.15, 0.2) is 0 Å². The summed E-state index contributed by atoms with van der Waals surface area (Å²) in [5.41, 5.74) is 1.13. The number of anilines is 2. The minimum absolute atomic E-state index is 0.0260. The predicted molar refractivity (Wildman–Crippen MR) is 118 cm³/mol. The molecule has 5 nitrogen and oxygen atoms in total. The van der Waals surface area contributed by atoms with Gasteiger partial charge in [-0.25, -0.2) is 8.42 Å². The van der Waals surface area contributed by atoms with Crippen LogP contribution in [0.4, 0.5) is 11.4 Å². The maximum Gasteiger partial charge on any atom is 0.264 e. The summed E-state index contributed by atoms with van der Waals surface area (Å²) in [7, 11) is -3.84. The summed E-state index contributed by atoms with van der Waals surface area (Å²) in [5, 5.41) is 3.40. The van der Waals surface area contributed by atoms with Crippen molar-refractivity contribution in [3.05, 3.63) is 88.4 Å². The molecule has 0 aliphatic rings. The summed E-state index contributed by atoms with van der Waals surface area (Å²) in [6, 6.07) is 19.4. The van der Waals surface area contributed by atoms with Gasteiger partial charge in [-0.05, 0) is 55.5 Å². The van der Waals surface area contributed by atoms with Crippen molar-refractivity contribution in [2.24, 2.45) is 0 Å². The maximum atomic E-state index is 13.1. The third kappa shape index (κ3) is 4.72. The molecular formula is C21H18Cl2N2O3S. The highest BCUT2D eigenvalue weighted by Crippen LogP contribution is 2.27. The monoisotopic (exact) mass is 448 g/mol. The molecular weight excluding hydrogens is 431 g/mol. The minimum atomic E-state index is -3.84. The lowest BCUT2D eigenvalue weighted by atomic mass is 10.2. The van der Waals surface area contributed by atoms with Gasteiger partial charge in [0.2, 0.25) is 0 Å². The largest absolute Gasteiger partial charge is 0.321 e. The molecule has 8 heteroatoms. The first kappa shape index (κ1) is 21.2. The van der Waals surface area contributed by atoms with Crippen LogP contribution in [0.2, 0.25) is 10.0 Å². The van der Waals surface area contributed by atoms with Crippen LogP contribution in [0.3, 0.4) is 0 Å². The molecule has 1 N–H and O–H groups in total. The molecule has 150 valence electrons. The Kier molecular flexibility index (Phi) is 6.47. The van der Waals surface area contributed by atoms with Crippen molar-refractivity contribution < 1.29 is 13.2 Å². The second-order valence-electron chi connectivity index (χ2n) is 6.11. The summed E-state index contributed by atoms with van der Waals surface area (Å²) in [6.45, 7) is 2.01. The number of nitrogens with one attached hydrogen (secondary N) is 1. The highest BCUT2D eigenvalue weighted by Gasteiger charge is 2.24. The number of sulfonamides is 1. The van der Waals surface area contributed by atoms with Crippen LogP contribution >= 0.6 is 23.2 Å². The van der Waals surface area contributed by atoms with Gasteiger partial charge in [-0.2, -0.15) is 0 Å². The Hall–Kier alpha value is -2.54. The van der Waals surface area contributed by atoms with Crippen LogP contribution < -0.4 is 9.62 Å². The van der Waals surface area contributed by atoms with E-state index < -0.39 is 15.9 Å². The molecule has 0 radical (unpaired) electrons. The third-order valence-corrected chi connectivity index (χ3v) is 6.64. The molecule has 0 aromatic heterocycles. The molecule has 0 atom stereocenters. The Morgan fingerprint density at radius 2 is 1.69 bits per heavy atom. The maximum absolute atomic E-state index is 13.1. The molecule has 0 aliphatic heterocycles. The molecule has 0 aliphatic carbocycles. The van der Waals surface area contributed by atoms with Gasteiger partial charge in [0.05, 0.1) is 21.3 Å². The third-order valence-electron chi connectivity index (χ3n) is 4.19. The molecule has 1 amide bonds. The minimum Gasteiger partial charge on any atom is -0.321 e. The van der Waals surface area contributed by atoms with Crippen LogP contribution in [0.15, 0.2) is 77.7 Å². The van der Waals surface area contributed by atoms with Crippen LogP contribution in [-0.4, -0.2) is 20.9 Å². The molecule has 3 aromatic carbocycles. The van der Waals surface area contributed by atoms with Crippen molar-refractivity contribution in [1.29, 1.82) is 0 Å². The molecule has 0 fully saturated rings. The standard InChI is InChI=1S/C21H18Cl2N2O3S/c1-2-25(17-8-4-3-5-9-17)29(27,28)18-10-6-7-15(13-18)21(26)24-20-12-11-16(22)14-19(20)23/h3-14H,2H2,1H3,(H,24,26). The van der Waals surface area contributed by atoms with Gasteiger partial charge in [-0.15, -0.1) is 0 Å². The van der Waals surface area contributed by atoms with Crippen molar-refractivity contribution >= 4 is 50.5 Å². The lowest BCUT2D eigenvalue weighted by Gasteiger charge is -2.23. The van der Waals surface area contributed by atoms with Gasteiger partial charge in [0.1, 0.15) is 0 Å². The van der Waals surface area contributed by atoms with E-state index in [0.717, 1.165) is 0 Å². The van der Waals surface area contributed by atoms with E-state index in [0.29, 0.717) is 16.4 Å². The molecule has 0 spiro atoms. The zero-order chi connectivity index (χ0) is 21.0. The Bertz CT molecular complexity index is 1140. The van der Waals surface area contributed by atoms with Crippen LogP contribution in [0.1, 0.15) is 17.3 Å². The molecule has 3 aromatic rings. The molecule has 0 bridgehead atoms. The number of amides is 1. The quantitative estimate of drug-likeness (QED) is 0.544. The summed E-state index contributed by atoms with van der Waals surface area (Å²) in [5.74, 6) is -0.478. The van der Waals surface area contributed by atoms with Crippen LogP contribution in [0.25, 0.3) is 0 Å². The normalized spacial score (nSPS) is 11.1. The second kappa shape index (κ2) is 8.86. The van der Waals surface area contributed by atoms with Gasteiger partial charge in [-0.3, -0.25) is 9.10 Å². The number of carbonyl (C=O) groups excluding carboxylic acids is 1. The summed E-state index contributed by atoms with van der Waals surface area (Å²) < 4.78 is 27.6. The van der Waals surface area contributed by atoms with E-state index in [1.54, 1.807) is 43.3 Å². The Labute approximate surface area is 179 Å². The molecule has 0 heterocycles. The number of halogens is 2. The SMILES string of the molecule is CCN(c1ccccc1)S(=O)(=O)c1cccc(C(=O)Nc2ccc(Cl)cc2Cl)c1. The number of carbonyl (C=O) groups is 1. The van der Waals surface area contributed by atoms with E-state index in [1.807, 2.05) is 6.07 Å². The lowest BCUT2D eigenvalue weighted by molar-refractivity contribution is 0.102. The molecule has 0 saturated carbocycles. The molecule has 0 saturated heterocycles. The fourth-order valence-electron chi connectivity index (χ4n) is 2.80. The Morgan fingerprint density at radius 3 is 2.34 bits per heavy atom. The van der Waals surface area contributed by atoms with Gasteiger partial charge >= 0.3 is 0 Å². The Morgan fingerprint density at radius 1 is 0.966 bits per heavy atom. The first-order chi connectivity index (χ1) is 13.8. The first-order valence-electron chi connectivity index (χ1n) is 8.77. The van der Waals surface area contributed by atoms with Crippen molar-refractivity contribution in [2.75, 3.05) is 16.2 Å². The first-order valence-corrected chi connectivity index (χ1v) is 11.0. The van der Waals surface area contributed by atoms with E-state index in [4.69, 9.17) is 23.2 Å².